The Morgan fingerprint density at radius 3 is 2.53 bits per heavy atom. The maximum Gasteiger partial charge on any atom is 0.408 e. The molecule has 2 aromatic carbocycles. The Balaban J connectivity index is 2.11. The third-order valence-electron chi connectivity index (χ3n) is 5.46. The fraction of sp³-hybridized carbons (Fsp3) is 0.357. The van der Waals surface area contributed by atoms with Gasteiger partial charge in [0.1, 0.15) is 24.6 Å². The number of hydrogen-bond acceptors (Lipinski definition) is 5. The lowest BCUT2D eigenvalue weighted by Gasteiger charge is -2.27. The van der Waals surface area contributed by atoms with Gasteiger partial charge in [-0.2, -0.15) is 0 Å². The number of fused-ring (bicyclic) bond motifs is 1. The number of carbonyl (C=O) groups excluding carboxylic acids is 2. The van der Waals surface area contributed by atoms with E-state index in [0.29, 0.717) is 53.5 Å². The van der Waals surface area contributed by atoms with Crippen LogP contribution < -0.4 is 20.1 Å². The predicted octanol–water partition coefficient (Wildman–Crippen LogP) is 6.17. The summed E-state index contributed by atoms with van der Waals surface area (Å²) >= 11 is 0. The van der Waals surface area contributed by atoms with Gasteiger partial charge in [0.2, 0.25) is 5.91 Å². The molecule has 0 fully saturated rings. The second kappa shape index (κ2) is 11.3. The summed E-state index contributed by atoms with van der Waals surface area (Å²) in [6.45, 7) is 15.2. The van der Waals surface area contributed by atoms with E-state index in [9.17, 15) is 14.0 Å². The Morgan fingerprint density at radius 2 is 1.86 bits per heavy atom. The van der Waals surface area contributed by atoms with Crippen molar-refractivity contribution in [3.05, 3.63) is 67.0 Å². The zero-order valence-corrected chi connectivity index (χ0v) is 21.2. The molecule has 0 saturated heterocycles. The van der Waals surface area contributed by atoms with E-state index in [-0.39, 0.29) is 5.91 Å². The van der Waals surface area contributed by atoms with Crippen molar-refractivity contribution < 1.29 is 28.2 Å². The van der Waals surface area contributed by atoms with Crippen LogP contribution in [0.3, 0.4) is 0 Å². The second-order valence-corrected chi connectivity index (χ2v) is 9.52. The monoisotopic (exact) mass is 496 g/mol. The molecule has 0 aliphatic carbocycles. The average molecular weight is 497 g/mol. The summed E-state index contributed by atoms with van der Waals surface area (Å²) in [4.78, 5) is 25.1. The SMILES string of the molecule is C=CC[C@H](NC(=O)OC(C)(C)C)c1cc2c(c(-c3cc(F)ccc3NC(=O)[C@H](C)C=C)c1)OCCO2. The van der Waals surface area contributed by atoms with Crippen molar-refractivity contribution in [2.24, 2.45) is 5.92 Å². The molecule has 8 heteroatoms. The predicted molar refractivity (Wildman–Crippen MR) is 138 cm³/mol. The zero-order chi connectivity index (χ0) is 26.5. The maximum atomic E-state index is 14.4. The Morgan fingerprint density at radius 1 is 1.14 bits per heavy atom. The largest absolute Gasteiger partial charge is 0.486 e. The van der Waals surface area contributed by atoms with Crippen LogP contribution in [0.15, 0.2) is 55.6 Å². The lowest BCUT2D eigenvalue weighted by Crippen LogP contribution is -2.35. The van der Waals surface area contributed by atoms with Gasteiger partial charge < -0.3 is 24.8 Å². The first-order valence-corrected chi connectivity index (χ1v) is 11.8. The van der Waals surface area contributed by atoms with Gasteiger partial charge in [-0.1, -0.05) is 19.1 Å². The number of benzene rings is 2. The first-order chi connectivity index (χ1) is 17.0. The molecule has 0 spiro atoms. The fourth-order valence-corrected chi connectivity index (χ4v) is 3.67. The van der Waals surface area contributed by atoms with Gasteiger partial charge in [-0.05, 0) is 63.1 Å². The van der Waals surface area contributed by atoms with Gasteiger partial charge in [-0.3, -0.25) is 4.79 Å². The molecular weight excluding hydrogens is 463 g/mol. The minimum absolute atomic E-state index is 0.281. The van der Waals surface area contributed by atoms with Crippen molar-refractivity contribution in [2.75, 3.05) is 18.5 Å². The minimum atomic E-state index is -0.669. The summed E-state index contributed by atoms with van der Waals surface area (Å²) in [6, 6.07) is 7.17. The van der Waals surface area contributed by atoms with Crippen molar-refractivity contribution >= 4 is 17.7 Å². The number of alkyl carbamates (subject to hydrolysis) is 1. The summed E-state index contributed by atoms with van der Waals surface area (Å²) in [6.07, 6.45) is 3.04. The minimum Gasteiger partial charge on any atom is -0.486 e. The van der Waals surface area contributed by atoms with Crippen LogP contribution in [0.4, 0.5) is 14.9 Å². The Kier molecular flexibility index (Phi) is 8.40. The van der Waals surface area contributed by atoms with E-state index in [4.69, 9.17) is 14.2 Å². The Hall–Kier alpha value is -3.81. The second-order valence-electron chi connectivity index (χ2n) is 9.52. The molecule has 0 bridgehead atoms. The molecule has 36 heavy (non-hydrogen) atoms. The summed E-state index contributed by atoms with van der Waals surface area (Å²) in [7, 11) is 0. The lowest BCUT2D eigenvalue weighted by molar-refractivity contribution is -0.118. The smallest absolute Gasteiger partial charge is 0.408 e. The summed E-state index contributed by atoms with van der Waals surface area (Å²) in [5.74, 6) is -0.327. The van der Waals surface area contributed by atoms with Gasteiger partial charge in [0.15, 0.2) is 11.5 Å². The number of ether oxygens (including phenoxy) is 3. The zero-order valence-electron chi connectivity index (χ0n) is 21.2. The number of carbonyl (C=O) groups is 2. The number of halogens is 1. The van der Waals surface area contributed by atoms with Crippen LogP contribution >= 0.6 is 0 Å². The van der Waals surface area contributed by atoms with Crippen molar-refractivity contribution in [2.45, 2.75) is 45.8 Å². The first-order valence-electron chi connectivity index (χ1n) is 11.8. The van der Waals surface area contributed by atoms with Gasteiger partial charge in [0.05, 0.1) is 12.0 Å². The lowest BCUT2D eigenvalue weighted by atomic mass is 9.94. The number of nitrogens with one attached hydrogen (secondary N) is 2. The normalized spacial score (nSPS) is 14.2. The Bertz CT molecular complexity index is 1160. The van der Waals surface area contributed by atoms with E-state index in [0.717, 1.165) is 0 Å². The summed E-state index contributed by atoms with van der Waals surface area (Å²) in [5.41, 5.74) is 1.35. The molecule has 0 radical (unpaired) electrons. The number of anilines is 1. The van der Waals surface area contributed by atoms with Crippen LogP contribution in [0.25, 0.3) is 11.1 Å². The molecule has 192 valence electrons. The summed E-state index contributed by atoms with van der Waals surface area (Å²) in [5, 5.41) is 5.72. The third kappa shape index (κ3) is 6.65. The van der Waals surface area contributed by atoms with E-state index < -0.39 is 29.5 Å². The topological polar surface area (TPSA) is 85.9 Å². The first kappa shape index (κ1) is 26.8. The molecule has 7 nitrogen and oxygen atoms in total. The molecule has 2 amide bonds. The highest BCUT2D eigenvalue weighted by atomic mass is 19.1. The standard InChI is InChI=1S/C28H33FN2O5/c1-7-9-22(31-27(33)36-28(4,5)6)18-14-21(25-24(15-18)34-12-13-35-25)20-16-19(29)10-11-23(20)30-26(32)17(3)8-2/h7-8,10-11,14-17,22H,1-2,9,12-13H2,3-6H3,(H,30,32)(H,31,33)/t17-,22+/m1/s1. The molecule has 0 aromatic heterocycles. The van der Waals surface area contributed by atoms with Crippen molar-refractivity contribution in [1.29, 1.82) is 0 Å². The number of hydrogen-bond donors (Lipinski definition) is 2. The van der Waals surface area contributed by atoms with Gasteiger partial charge in [-0.15, -0.1) is 13.2 Å². The molecule has 2 aromatic rings. The number of rotatable bonds is 8. The molecule has 3 rings (SSSR count). The fourth-order valence-electron chi connectivity index (χ4n) is 3.67. The highest BCUT2D eigenvalue weighted by Crippen LogP contribution is 2.45. The van der Waals surface area contributed by atoms with Crippen LogP contribution in [0.1, 0.15) is 45.7 Å². The molecule has 1 heterocycles. The van der Waals surface area contributed by atoms with Gasteiger partial charge in [0, 0.05) is 16.8 Å². The van der Waals surface area contributed by atoms with Crippen LogP contribution in [0.5, 0.6) is 11.5 Å². The molecule has 2 atom stereocenters. The van der Waals surface area contributed by atoms with Gasteiger partial charge >= 0.3 is 6.09 Å². The van der Waals surface area contributed by atoms with Crippen molar-refractivity contribution in [3.63, 3.8) is 0 Å². The molecule has 1 aliphatic heterocycles. The van der Waals surface area contributed by atoms with Gasteiger partial charge in [-0.25, -0.2) is 9.18 Å². The summed E-state index contributed by atoms with van der Waals surface area (Å²) < 4.78 is 31.6. The van der Waals surface area contributed by atoms with Crippen molar-refractivity contribution in [1.82, 2.24) is 5.32 Å². The highest BCUT2D eigenvalue weighted by Gasteiger charge is 2.26. The quantitative estimate of drug-likeness (QED) is 0.427. The molecule has 1 aliphatic rings. The molecule has 0 saturated carbocycles. The highest BCUT2D eigenvalue weighted by molar-refractivity contribution is 5.98. The molecular formula is C28H33FN2O5. The van der Waals surface area contributed by atoms with Gasteiger partial charge in [0.25, 0.3) is 0 Å². The molecule has 2 N–H and O–H groups in total. The average Bonchev–Trinajstić information content (AvgIpc) is 2.82. The number of amides is 2. The van der Waals surface area contributed by atoms with Crippen LogP contribution in [-0.4, -0.2) is 30.8 Å². The van der Waals surface area contributed by atoms with E-state index in [1.807, 2.05) is 0 Å². The molecule has 0 unspecified atom stereocenters. The van der Waals surface area contributed by atoms with E-state index in [1.165, 1.54) is 24.3 Å². The van der Waals surface area contributed by atoms with Crippen LogP contribution in [0.2, 0.25) is 0 Å². The third-order valence-corrected chi connectivity index (χ3v) is 5.46. The van der Waals surface area contributed by atoms with Crippen LogP contribution in [-0.2, 0) is 9.53 Å². The Labute approximate surface area is 211 Å². The maximum absolute atomic E-state index is 14.4. The van der Waals surface area contributed by atoms with E-state index in [2.05, 4.69) is 23.8 Å². The van der Waals surface area contributed by atoms with E-state index >= 15 is 0 Å². The van der Waals surface area contributed by atoms with Crippen LogP contribution in [0, 0.1) is 11.7 Å². The van der Waals surface area contributed by atoms with E-state index in [1.54, 1.807) is 45.9 Å². The van der Waals surface area contributed by atoms with Crippen molar-refractivity contribution in [3.8, 4) is 22.6 Å².